The Kier molecular flexibility index (Phi) is 5.62. The van der Waals surface area contributed by atoms with Crippen molar-refractivity contribution in [3.63, 3.8) is 0 Å². The molecule has 2 aliphatic rings. The first-order chi connectivity index (χ1) is 14.1. The highest BCUT2D eigenvalue weighted by atomic mass is 16.7. The summed E-state index contributed by atoms with van der Waals surface area (Å²) in [6.07, 6.45) is 0. The highest BCUT2D eigenvalue weighted by Crippen LogP contribution is 2.32. The number of benzene rings is 1. The van der Waals surface area contributed by atoms with Gasteiger partial charge in [-0.05, 0) is 36.8 Å². The Bertz CT molecular complexity index is 909. The van der Waals surface area contributed by atoms with Crippen LogP contribution in [0.3, 0.4) is 0 Å². The summed E-state index contributed by atoms with van der Waals surface area (Å²) in [4.78, 5) is 32.9. The molecule has 0 bridgehead atoms. The number of hydrogen-bond donors (Lipinski definition) is 0. The van der Waals surface area contributed by atoms with Crippen molar-refractivity contribution >= 4 is 11.9 Å². The molecule has 29 heavy (non-hydrogen) atoms. The first-order valence-corrected chi connectivity index (χ1v) is 9.68. The normalized spacial score (nSPS) is 16.0. The standard InChI is InChI=1S/C21H23N3O5/c1-2-27-21(26)17-5-3-4-16(22-17)20(25)24-10-8-23(9-11-24)13-15-6-7-18-19(12-15)29-14-28-18/h3-7,12H,2,8-11,13-14H2,1H3. The van der Waals surface area contributed by atoms with E-state index in [9.17, 15) is 9.59 Å². The molecule has 0 radical (unpaired) electrons. The quantitative estimate of drug-likeness (QED) is 0.713. The summed E-state index contributed by atoms with van der Waals surface area (Å²) in [6, 6.07) is 10.8. The molecular formula is C21H23N3O5. The van der Waals surface area contributed by atoms with Gasteiger partial charge in [-0.25, -0.2) is 9.78 Å². The van der Waals surface area contributed by atoms with Gasteiger partial charge in [0, 0.05) is 32.7 Å². The van der Waals surface area contributed by atoms with E-state index in [0.717, 1.165) is 36.7 Å². The van der Waals surface area contributed by atoms with Crippen molar-refractivity contribution in [3.8, 4) is 11.5 Å². The third-order valence-electron chi connectivity index (χ3n) is 4.96. The molecule has 2 aliphatic heterocycles. The van der Waals surface area contributed by atoms with Gasteiger partial charge in [0.05, 0.1) is 6.61 Å². The minimum Gasteiger partial charge on any atom is -0.461 e. The van der Waals surface area contributed by atoms with E-state index in [0.29, 0.717) is 13.1 Å². The molecule has 1 amide bonds. The van der Waals surface area contributed by atoms with Crippen LogP contribution in [0.1, 0.15) is 33.5 Å². The van der Waals surface area contributed by atoms with E-state index in [1.165, 1.54) is 0 Å². The molecule has 4 rings (SSSR count). The van der Waals surface area contributed by atoms with Crippen LogP contribution in [0, 0.1) is 0 Å². The second kappa shape index (κ2) is 8.48. The summed E-state index contributed by atoms with van der Waals surface area (Å²) < 4.78 is 15.7. The predicted molar refractivity (Wildman–Crippen MR) is 104 cm³/mol. The Morgan fingerprint density at radius 3 is 2.59 bits per heavy atom. The lowest BCUT2D eigenvalue weighted by molar-refractivity contribution is 0.0519. The molecule has 3 heterocycles. The van der Waals surface area contributed by atoms with E-state index in [4.69, 9.17) is 14.2 Å². The average Bonchev–Trinajstić information content (AvgIpc) is 3.22. The number of fused-ring (bicyclic) bond motifs is 1. The summed E-state index contributed by atoms with van der Waals surface area (Å²) in [5.41, 5.74) is 1.57. The van der Waals surface area contributed by atoms with E-state index in [1.807, 2.05) is 18.2 Å². The molecule has 0 N–H and O–H groups in total. The number of amides is 1. The maximum atomic E-state index is 12.8. The van der Waals surface area contributed by atoms with Crippen LogP contribution in [0.25, 0.3) is 0 Å². The summed E-state index contributed by atoms with van der Waals surface area (Å²) in [6.45, 7) is 5.79. The summed E-state index contributed by atoms with van der Waals surface area (Å²) >= 11 is 0. The topological polar surface area (TPSA) is 81.2 Å². The van der Waals surface area contributed by atoms with Crippen molar-refractivity contribution in [2.45, 2.75) is 13.5 Å². The number of ether oxygens (including phenoxy) is 3. The number of hydrogen-bond acceptors (Lipinski definition) is 7. The van der Waals surface area contributed by atoms with E-state index >= 15 is 0 Å². The van der Waals surface area contributed by atoms with Crippen LogP contribution in [0.5, 0.6) is 11.5 Å². The molecular weight excluding hydrogens is 374 g/mol. The number of carbonyl (C=O) groups excluding carboxylic acids is 2. The van der Waals surface area contributed by atoms with E-state index in [2.05, 4.69) is 9.88 Å². The third-order valence-corrected chi connectivity index (χ3v) is 4.96. The van der Waals surface area contributed by atoms with Gasteiger partial charge in [-0.15, -0.1) is 0 Å². The van der Waals surface area contributed by atoms with E-state index < -0.39 is 5.97 Å². The number of carbonyl (C=O) groups is 2. The molecule has 0 saturated carbocycles. The molecule has 1 aromatic carbocycles. The molecule has 0 spiro atoms. The maximum Gasteiger partial charge on any atom is 0.356 e. The molecule has 0 unspecified atom stereocenters. The number of piperazine rings is 1. The Morgan fingerprint density at radius 2 is 1.79 bits per heavy atom. The molecule has 8 nitrogen and oxygen atoms in total. The zero-order valence-electron chi connectivity index (χ0n) is 16.3. The molecule has 1 aromatic heterocycles. The average molecular weight is 397 g/mol. The Labute approximate surface area is 169 Å². The van der Waals surface area contributed by atoms with Crippen LogP contribution in [0.4, 0.5) is 0 Å². The highest BCUT2D eigenvalue weighted by molar-refractivity contribution is 5.94. The lowest BCUT2D eigenvalue weighted by atomic mass is 10.1. The van der Waals surface area contributed by atoms with Crippen molar-refractivity contribution in [3.05, 3.63) is 53.3 Å². The Morgan fingerprint density at radius 1 is 1.03 bits per heavy atom. The van der Waals surface area contributed by atoms with Crippen LogP contribution in [-0.4, -0.2) is 66.2 Å². The Balaban J connectivity index is 1.34. The molecule has 152 valence electrons. The van der Waals surface area contributed by atoms with Crippen LogP contribution in [-0.2, 0) is 11.3 Å². The van der Waals surface area contributed by atoms with Gasteiger partial charge < -0.3 is 19.1 Å². The zero-order chi connectivity index (χ0) is 20.2. The SMILES string of the molecule is CCOC(=O)c1cccc(C(=O)N2CCN(Cc3ccc4c(c3)OCO4)CC2)n1. The fourth-order valence-corrected chi connectivity index (χ4v) is 3.44. The second-order valence-electron chi connectivity index (χ2n) is 6.88. The highest BCUT2D eigenvalue weighted by Gasteiger charge is 2.24. The van der Waals surface area contributed by atoms with Gasteiger partial charge in [-0.1, -0.05) is 12.1 Å². The van der Waals surface area contributed by atoms with Crippen molar-refractivity contribution in [2.75, 3.05) is 39.6 Å². The van der Waals surface area contributed by atoms with E-state index in [-0.39, 0.29) is 30.7 Å². The minimum atomic E-state index is -0.518. The van der Waals surface area contributed by atoms with Crippen LogP contribution >= 0.6 is 0 Å². The summed E-state index contributed by atoms with van der Waals surface area (Å²) in [7, 11) is 0. The fourth-order valence-electron chi connectivity index (χ4n) is 3.44. The predicted octanol–water partition coefficient (Wildman–Crippen LogP) is 1.95. The van der Waals surface area contributed by atoms with Gasteiger partial charge >= 0.3 is 5.97 Å². The number of nitrogens with zero attached hydrogens (tertiary/aromatic N) is 3. The van der Waals surface area contributed by atoms with Gasteiger partial charge in [0.1, 0.15) is 11.4 Å². The van der Waals surface area contributed by atoms with Crippen molar-refractivity contribution in [2.24, 2.45) is 0 Å². The number of aromatic nitrogens is 1. The molecule has 8 heteroatoms. The lowest BCUT2D eigenvalue weighted by Gasteiger charge is -2.34. The first-order valence-electron chi connectivity index (χ1n) is 9.68. The number of rotatable bonds is 5. The molecule has 1 saturated heterocycles. The molecule has 1 fully saturated rings. The Hall–Kier alpha value is -3.13. The maximum absolute atomic E-state index is 12.8. The van der Waals surface area contributed by atoms with Gasteiger partial charge in [0.15, 0.2) is 11.5 Å². The van der Waals surface area contributed by atoms with Crippen molar-refractivity contribution in [1.82, 2.24) is 14.8 Å². The first kappa shape index (κ1) is 19.2. The smallest absolute Gasteiger partial charge is 0.356 e. The van der Waals surface area contributed by atoms with Crippen molar-refractivity contribution < 1.29 is 23.8 Å². The summed E-state index contributed by atoms with van der Waals surface area (Å²) in [5, 5.41) is 0. The molecule has 0 atom stereocenters. The minimum absolute atomic E-state index is 0.152. The molecule has 2 aromatic rings. The monoisotopic (exact) mass is 397 g/mol. The largest absolute Gasteiger partial charge is 0.461 e. The van der Waals surface area contributed by atoms with Gasteiger partial charge in [-0.2, -0.15) is 0 Å². The summed E-state index contributed by atoms with van der Waals surface area (Å²) in [5.74, 6) is 0.875. The second-order valence-corrected chi connectivity index (χ2v) is 6.88. The van der Waals surface area contributed by atoms with Crippen LogP contribution in [0.15, 0.2) is 36.4 Å². The fraction of sp³-hybridized carbons (Fsp3) is 0.381. The zero-order valence-corrected chi connectivity index (χ0v) is 16.3. The van der Waals surface area contributed by atoms with E-state index in [1.54, 1.807) is 30.0 Å². The molecule has 0 aliphatic carbocycles. The van der Waals surface area contributed by atoms with Gasteiger partial charge in [-0.3, -0.25) is 9.69 Å². The van der Waals surface area contributed by atoms with Crippen molar-refractivity contribution in [1.29, 1.82) is 0 Å². The van der Waals surface area contributed by atoms with Crippen LogP contribution < -0.4 is 9.47 Å². The number of pyridine rings is 1. The van der Waals surface area contributed by atoms with Gasteiger partial charge in [0.25, 0.3) is 5.91 Å². The lowest BCUT2D eigenvalue weighted by Crippen LogP contribution is -2.48. The third kappa shape index (κ3) is 4.32. The number of esters is 1. The van der Waals surface area contributed by atoms with Crippen LogP contribution in [0.2, 0.25) is 0 Å². The van der Waals surface area contributed by atoms with Gasteiger partial charge in [0.2, 0.25) is 6.79 Å².